The van der Waals surface area contributed by atoms with E-state index in [-0.39, 0.29) is 24.5 Å². The summed E-state index contributed by atoms with van der Waals surface area (Å²) in [5, 5.41) is 3.50. The fourth-order valence-corrected chi connectivity index (χ4v) is 5.46. The smallest absolute Gasteiger partial charge is 0.266 e. The molecule has 11 heteroatoms. The van der Waals surface area contributed by atoms with Crippen molar-refractivity contribution in [2.75, 3.05) is 32.2 Å². The quantitative estimate of drug-likeness (QED) is 0.347. The summed E-state index contributed by atoms with van der Waals surface area (Å²) in [4.78, 5) is 27.3. The molecule has 2 heterocycles. The molecular formula is C24H22Cl2N2O5S2. The average molecular weight is 553 g/mol. The summed E-state index contributed by atoms with van der Waals surface area (Å²) >= 11 is 18.6. The second-order valence-electron chi connectivity index (χ2n) is 7.83. The maximum atomic E-state index is 12.9. The molecule has 0 unspecified atom stereocenters. The molecule has 1 N–H and O–H groups in total. The van der Waals surface area contributed by atoms with Crippen molar-refractivity contribution in [1.82, 2.24) is 4.90 Å². The summed E-state index contributed by atoms with van der Waals surface area (Å²) < 4.78 is 17.2. The minimum atomic E-state index is -0.385. The van der Waals surface area contributed by atoms with E-state index in [0.717, 1.165) is 25.0 Å². The lowest BCUT2D eigenvalue weighted by Gasteiger charge is -2.18. The standard InChI is InChI=1S/C24H22Cl2N2O5S2/c1-31-20-7-14(8-21-23(30)28(24(34)35-21)12-18-3-2-6-32-18)4-5-19(20)33-13-22(29)27-17-10-15(25)9-16(26)11-17/h4-5,7-11,18H,2-3,6,12-13H2,1H3,(H,27,29)/b21-8-/t18-/m1/s1. The van der Waals surface area contributed by atoms with E-state index in [2.05, 4.69) is 5.32 Å². The maximum absolute atomic E-state index is 12.9. The van der Waals surface area contributed by atoms with Gasteiger partial charge in [0.2, 0.25) is 0 Å². The first-order valence-corrected chi connectivity index (χ1v) is 12.7. The van der Waals surface area contributed by atoms with E-state index in [1.54, 1.807) is 47.4 Å². The first-order chi connectivity index (χ1) is 16.8. The van der Waals surface area contributed by atoms with E-state index in [1.807, 2.05) is 0 Å². The number of rotatable bonds is 8. The van der Waals surface area contributed by atoms with Gasteiger partial charge in [0, 0.05) is 22.3 Å². The van der Waals surface area contributed by atoms with Gasteiger partial charge in [-0.05, 0) is 54.8 Å². The van der Waals surface area contributed by atoms with Gasteiger partial charge in [-0.1, -0.05) is 53.2 Å². The summed E-state index contributed by atoms with van der Waals surface area (Å²) in [6, 6.07) is 9.94. The van der Waals surface area contributed by atoms with Crippen molar-refractivity contribution in [2.45, 2.75) is 18.9 Å². The third-order valence-corrected chi connectivity index (χ3v) is 7.09. The van der Waals surface area contributed by atoms with Crippen molar-refractivity contribution in [3.05, 3.63) is 56.9 Å². The number of hydrogen-bond donors (Lipinski definition) is 1. The lowest BCUT2D eigenvalue weighted by atomic mass is 10.1. The van der Waals surface area contributed by atoms with Gasteiger partial charge in [0.05, 0.1) is 24.7 Å². The number of anilines is 1. The molecule has 2 aromatic rings. The van der Waals surface area contributed by atoms with Gasteiger partial charge in [-0.25, -0.2) is 0 Å². The summed E-state index contributed by atoms with van der Waals surface area (Å²) in [7, 11) is 1.50. The van der Waals surface area contributed by atoms with E-state index in [0.29, 0.717) is 43.0 Å². The lowest BCUT2D eigenvalue weighted by molar-refractivity contribution is -0.123. The van der Waals surface area contributed by atoms with Crippen LogP contribution in [0.2, 0.25) is 10.0 Å². The van der Waals surface area contributed by atoms with Crippen LogP contribution in [0.5, 0.6) is 11.5 Å². The fourth-order valence-electron chi connectivity index (χ4n) is 3.66. The van der Waals surface area contributed by atoms with E-state index in [4.69, 9.17) is 49.6 Å². The zero-order chi connectivity index (χ0) is 24.9. The number of halogens is 2. The fraction of sp³-hybridized carbons (Fsp3) is 0.292. The van der Waals surface area contributed by atoms with E-state index >= 15 is 0 Å². The molecule has 7 nitrogen and oxygen atoms in total. The molecule has 184 valence electrons. The van der Waals surface area contributed by atoms with Crippen LogP contribution in [0.1, 0.15) is 18.4 Å². The molecule has 4 rings (SSSR count). The van der Waals surface area contributed by atoms with Crippen LogP contribution in [0.3, 0.4) is 0 Å². The first kappa shape index (κ1) is 25.8. The van der Waals surface area contributed by atoms with Crippen molar-refractivity contribution in [1.29, 1.82) is 0 Å². The number of carbonyl (C=O) groups excluding carboxylic acids is 2. The topological polar surface area (TPSA) is 77.1 Å². The van der Waals surface area contributed by atoms with Crippen LogP contribution in [0, 0.1) is 0 Å². The minimum absolute atomic E-state index is 0.0291. The molecule has 2 aliphatic heterocycles. The Bertz CT molecular complexity index is 1160. The molecule has 0 saturated carbocycles. The summed E-state index contributed by atoms with van der Waals surface area (Å²) in [5.41, 5.74) is 1.21. The predicted molar refractivity (Wildman–Crippen MR) is 142 cm³/mol. The van der Waals surface area contributed by atoms with Crippen LogP contribution in [0.15, 0.2) is 41.3 Å². The molecule has 0 aliphatic carbocycles. The van der Waals surface area contributed by atoms with Crippen molar-refractivity contribution >= 4 is 75.1 Å². The Kier molecular flexibility index (Phi) is 8.56. The van der Waals surface area contributed by atoms with Gasteiger partial charge in [0.25, 0.3) is 11.8 Å². The zero-order valence-corrected chi connectivity index (χ0v) is 21.9. The van der Waals surface area contributed by atoms with Crippen molar-refractivity contribution < 1.29 is 23.8 Å². The van der Waals surface area contributed by atoms with Gasteiger partial charge in [0.1, 0.15) is 4.32 Å². The molecule has 2 saturated heterocycles. The number of nitrogens with zero attached hydrogens (tertiary/aromatic N) is 1. The second-order valence-corrected chi connectivity index (χ2v) is 10.4. The second kappa shape index (κ2) is 11.6. The maximum Gasteiger partial charge on any atom is 0.266 e. The number of thioether (sulfide) groups is 1. The van der Waals surface area contributed by atoms with Crippen molar-refractivity contribution in [2.24, 2.45) is 0 Å². The first-order valence-electron chi connectivity index (χ1n) is 10.8. The molecule has 0 spiro atoms. The average Bonchev–Trinajstić information content (AvgIpc) is 3.41. The van der Waals surface area contributed by atoms with E-state index < -0.39 is 0 Å². The largest absolute Gasteiger partial charge is 0.493 e. The minimum Gasteiger partial charge on any atom is -0.493 e. The number of hydrogen-bond acceptors (Lipinski definition) is 7. The van der Waals surface area contributed by atoms with Crippen LogP contribution in [-0.2, 0) is 14.3 Å². The highest BCUT2D eigenvalue weighted by atomic mass is 35.5. The number of benzene rings is 2. The number of ether oxygens (including phenoxy) is 3. The van der Waals surface area contributed by atoms with E-state index in [9.17, 15) is 9.59 Å². The Morgan fingerprint density at radius 3 is 2.71 bits per heavy atom. The molecule has 0 aromatic heterocycles. The third-order valence-electron chi connectivity index (χ3n) is 5.27. The van der Waals surface area contributed by atoms with Gasteiger partial charge in [-0.2, -0.15) is 0 Å². The predicted octanol–water partition coefficient (Wildman–Crippen LogP) is 5.40. The molecule has 2 aromatic carbocycles. The highest BCUT2D eigenvalue weighted by Crippen LogP contribution is 2.35. The van der Waals surface area contributed by atoms with Gasteiger partial charge in [0.15, 0.2) is 18.1 Å². The van der Waals surface area contributed by atoms with E-state index in [1.165, 1.54) is 18.9 Å². The Morgan fingerprint density at radius 1 is 1.26 bits per heavy atom. The summed E-state index contributed by atoms with van der Waals surface area (Å²) in [6.45, 7) is 0.948. The Balaban J connectivity index is 1.39. The molecule has 0 radical (unpaired) electrons. The Labute approximate surface area is 222 Å². The van der Waals surface area contributed by atoms with Gasteiger partial charge >= 0.3 is 0 Å². The number of methoxy groups -OCH3 is 1. The number of carbonyl (C=O) groups is 2. The number of nitrogens with one attached hydrogen (secondary N) is 1. The normalized spacial score (nSPS) is 18.9. The molecule has 1 atom stereocenters. The molecule has 0 bridgehead atoms. The lowest BCUT2D eigenvalue weighted by Crippen LogP contribution is -2.35. The molecule has 2 aliphatic rings. The van der Waals surface area contributed by atoms with Gasteiger partial charge < -0.3 is 19.5 Å². The van der Waals surface area contributed by atoms with Crippen LogP contribution < -0.4 is 14.8 Å². The zero-order valence-electron chi connectivity index (χ0n) is 18.7. The molecular weight excluding hydrogens is 531 g/mol. The highest BCUT2D eigenvalue weighted by molar-refractivity contribution is 8.26. The van der Waals surface area contributed by atoms with Gasteiger partial charge in [-0.15, -0.1) is 0 Å². The SMILES string of the molecule is COc1cc(/C=C2\SC(=S)N(C[C@H]3CCCO3)C2=O)ccc1OCC(=O)Nc1cc(Cl)cc(Cl)c1. The monoisotopic (exact) mass is 552 g/mol. The summed E-state index contributed by atoms with van der Waals surface area (Å²) in [6.07, 6.45) is 3.72. The Morgan fingerprint density at radius 2 is 2.03 bits per heavy atom. The highest BCUT2D eigenvalue weighted by Gasteiger charge is 2.34. The van der Waals surface area contributed by atoms with Crippen LogP contribution in [0.25, 0.3) is 6.08 Å². The Hall–Kier alpha value is -2.30. The molecule has 35 heavy (non-hydrogen) atoms. The number of thiocarbonyl (C=S) groups is 1. The van der Waals surface area contributed by atoms with Gasteiger partial charge in [-0.3, -0.25) is 14.5 Å². The molecule has 2 amide bonds. The van der Waals surface area contributed by atoms with Crippen molar-refractivity contribution in [3.63, 3.8) is 0 Å². The van der Waals surface area contributed by atoms with Crippen LogP contribution in [0.4, 0.5) is 5.69 Å². The van der Waals surface area contributed by atoms with Crippen LogP contribution >= 0.6 is 47.2 Å². The van der Waals surface area contributed by atoms with Crippen molar-refractivity contribution in [3.8, 4) is 11.5 Å². The summed E-state index contributed by atoms with van der Waals surface area (Å²) in [5.74, 6) is 0.291. The van der Waals surface area contributed by atoms with Crippen LogP contribution in [-0.4, -0.2) is 54.0 Å². The third kappa shape index (κ3) is 6.68. The number of amides is 2. The molecule has 2 fully saturated rings.